The minimum atomic E-state index is -4.86. The number of nitrogen functional groups attached to an aromatic ring is 1. The first-order chi connectivity index (χ1) is 18.8. The van der Waals surface area contributed by atoms with Crippen molar-refractivity contribution in [2.75, 3.05) is 43.5 Å². The Hall–Kier alpha value is -3.24. The van der Waals surface area contributed by atoms with Crippen molar-refractivity contribution in [3.63, 3.8) is 0 Å². The highest BCUT2D eigenvalue weighted by molar-refractivity contribution is 7.88. The van der Waals surface area contributed by atoms with Crippen LogP contribution < -0.4 is 15.8 Å². The standard InChI is InChI=1S/C24H32F3N7O5S/c1-40(37,38)33-12-10-32(11-13-33)18-8-6-16(7-9-18)14-19-21(34(35)36)22(28)31-23(30-19)29-15-17-4-2-3-5-20(17)39-24(25,26)27/h2-5,16,18H,6-15H2,1H3,(H3,28,29,30,31)/t16-,18-. The van der Waals surface area contributed by atoms with Crippen LogP contribution in [0.2, 0.25) is 0 Å². The molecule has 4 rings (SSSR count). The largest absolute Gasteiger partial charge is 0.573 e. The number of nitro groups is 1. The van der Waals surface area contributed by atoms with Crippen molar-refractivity contribution in [3.8, 4) is 5.75 Å². The molecule has 220 valence electrons. The summed E-state index contributed by atoms with van der Waals surface area (Å²) < 4.78 is 67.3. The number of aromatic nitrogens is 2. The van der Waals surface area contributed by atoms with Crippen LogP contribution in [0.25, 0.3) is 0 Å². The molecular formula is C24H32F3N7O5S. The van der Waals surface area contributed by atoms with Crippen LogP contribution in [0.4, 0.5) is 30.6 Å². The number of piperazine rings is 1. The van der Waals surface area contributed by atoms with Crippen molar-refractivity contribution in [2.24, 2.45) is 5.92 Å². The number of anilines is 2. The SMILES string of the molecule is CS(=O)(=O)N1CCN([C@H]2CC[C@H](Cc3nc(NCc4ccccc4OC(F)(F)F)nc(N)c3[N+](=O)[O-])CC2)CC1. The summed E-state index contributed by atoms with van der Waals surface area (Å²) in [5.41, 5.74) is 5.91. The van der Waals surface area contributed by atoms with Gasteiger partial charge in [0.05, 0.1) is 11.2 Å². The van der Waals surface area contributed by atoms with E-state index >= 15 is 0 Å². The summed E-state index contributed by atoms with van der Waals surface area (Å²) in [7, 11) is -3.20. The summed E-state index contributed by atoms with van der Waals surface area (Å²) in [6.07, 6.45) is 0.0279. The third kappa shape index (κ3) is 7.69. The van der Waals surface area contributed by atoms with Crippen molar-refractivity contribution in [1.29, 1.82) is 0 Å². The van der Waals surface area contributed by atoms with E-state index in [-0.39, 0.29) is 46.9 Å². The highest BCUT2D eigenvalue weighted by atomic mass is 32.2. The summed E-state index contributed by atoms with van der Waals surface area (Å²) in [5, 5.41) is 14.6. The molecule has 3 N–H and O–H groups in total. The molecule has 2 aliphatic rings. The fourth-order valence-corrected chi connectivity index (χ4v) is 6.20. The maximum absolute atomic E-state index is 12.7. The molecule has 16 heteroatoms. The van der Waals surface area contributed by atoms with Crippen molar-refractivity contribution in [1.82, 2.24) is 19.2 Å². The molecule has 2 heterocycles. The van der Waals surface area contributed by atoms with Crippen LogP contribution in [-0.4, -0.2) is 77.4 Å². The molecule has 1 saturated carbocycles. The third-order valence-corrected chi connectivity index (χ3v) is 8.66. The van der Waals surface area contributed by atoms with Crippen molar-refractivity contribution in [2.45, 2.75) is 51.1 Å². The molecule has 0 radical (unpaired) electrons. The van der Waals surface area contributed by atoms with Gasteiger partial charge in [0.2, 0.25) is 21.8 Å². The van der Waals surface area contributed by atoms with Crippen LogP contribution in [0.15, 0.2) is 24.3 Å². The normalized spacial score (nSPS) is 21.2. The summed E-state index contributed by atoms with van der Waals surface area (Å²) in [4.78, 5) is 21.7. The lowest BCUT2D eigenvalue weighted by atomic mass is 9.82. The Labute approximate surface area is 229 Å². The minimum absolute atomic E-state index is 0.0302. The van der Waals surface area contributed by atoms with Gasteiger partial charge in [-0.2, -0.15) is 9.29 Å². The van der Waals surface area contributed by atoms with E-state index in [4.69, 9.17) is 5.73 Å². The molecule has 40 heavy (non-hydrogen) atoms. The lowest BCUT2D eigenvalue weighted by molar-refractivity contribution is -0.385. The van der Waals surface area contributed by atoms with Gasteiger partial charge in [-0.25, -0.2) is 13.4 Å². The molecule has 0 atom stereocenters. The number of nitrogens with two attached hydrogens (primary N) is 1. The molecule has 1 aromatic carbocycles. The number of halogens is 3. The number of benzene rings is 1. The van der Waals surface area contributed by atoms with Gasteiger partial charge < -0.3 is 15.8 Å². The zero-order chi connectivity index (χ0) is 29.1. The van der Waals surface area contributed by atoms with Gasteiger partial charge in [-0.1, -0.05) is 18.2 Å². The van der Waals surface area contributed by atoms with E-state index < -0.39 is 21.3 Å². The number of alkyl halides is 3. The van der Waals surface area contributed by atoms with E-state index in [2.05, 4.69) is 24.9 Å². The maximum atomic E-state index is 12.7. The monoisotopic (exact) mass is 587 g/mol. The van der Waals surface area contributed by atoms with Crippen molar-refractivity contribution >= 4 is 27.5 Å². The quantitative estimate of drug-likeness (QED) is 0.330. The fraction of sp³-hybridized carbons (Fsp3) is 0.583. The van der Waals surface area contributed by atoms with E-state index in [0.29, 0.717) is 38.6 Å². The number of nitrogens with one attached hydrogen (secondary N) is 1. The number of hydrogen-bond acceptors (Lipinski definition) is 10. The first-order valence-corrected chi connectivity index (χ1v) is 14.7. The van der Waals surface area contributed by atoms with Crippen molar-refractivity contribution < 1.29 is 31.2 Å². The Kier molecular flexibility index (Phi) is 8.99. The van der Waals surface area contributed by atoms with Gasteiger partial charge in [-0.05, 0) is 44.1 Å². The number of ether oxygens (including phenoxy) is 1. The van der Waals surface area contributed by atoms with Gasteiger partial charge in [0.25, 0.3) is 0 Å². The van der Waals surface area contributed by atoms with Gasteiger partial charge in [-0.15, -0.1) is 13.2 Å². The minimum Gasteiger partial charge on any atom is -0.405 e. The summed E-state index contributed by atoms with van der Waals surface area (Å²) in [5.74, 6) is -0.616. The molecule has 12 nitrogen and oxygen atoms in total. The van der Waals surface area contributed by atoms with E-state index in [1.54, 1.807) is 6.07 Å². The second-order valence-electron chi connectivity index (χ2n) is 10.1. The van der Waals surface area contributed by atoms with Gasteiger partial charge in [0.15, 0.2) is 0 Å². The second kappa shape index (κ2) is 12.1. The molecule has 1 aromatic heterocycles. The zero-order valence-corrected chi connectivity index (χ0v) is 22.7. The average molecular weight is 588 g/mol. The van der Waals surface area contributed by atoms with Crippen LogP contribution in [0.1, 0.15) is 36.9 Å². The molecule has 1 aliphatic carbocycles. The van der Waals surface area contributed by atoms with Gasteiger partial charge in [0.1, 0.15) is 11.4 Å². The first kappa shape index (κ1) is 29.7. The molecule has 2 fully saturated rings. The predicted octanol–water partition coefficient (Wildman–Crippen LogP) is 3.16. The smallest absolute Gasteiger partial charge is 0.405 e. The molecule has 2 aromatic rings. The Morgan fingerprint density at radius 1 is 1.12 bits per heavy atom. The molecule has 1 aliphatic heterocycles. The summed E-state index contributed by atoms with van der Waals surface area (Å²) >= 11 is 0. The number of nitrogens with zero attached hydrogens (tertiary/aromatic N) is 5. The van der Waals surface area contributed by atoms with Crippen molar-refractivity contribution in [3.05, 3.63) is 45.6 Å². The van der Waals surface area contributed by atoms with E-state index in [0.717, 1.165) is 25.7 Å². The van der Waals surface area contributed by atoms with E-state index in [9.17, 15) is 31.7 Å². The molecule has 0 amide bonds. The molecular weight excluding hydrogens is 555 g/mol. The summed E-state index contributed by atoms with van der Waals surface area (Å²) in [6.45, 7) is 2.15. The van der Waals surface area contributed by atoms with Crippen LogP contribution in [0, 0.1) is 16.0 Å². The predicted molar refractivity (Wildman–Crippen MR) is 141 cm³/mol. The lowest BCUT2D eigenvalue weighted by Crippen LogP contribution is -2.52. The van der Waals surface area contributed by atoms with E-state index in [1.165, 1.54) is 28.8 Å². The fourth-order valence-electron chi connectivity index (χ4n) is 5.38. The van der Waals surface area contributed by atoms with Crippen LogP contribution in [0.3, 0.4) is 0 Å². The molecule has 0 spiro atoms. The molecule has 1 saturated heterocycles. The number of sulfonamides is 1. The Balaban J connectivity index is 1.40. The van der Waals surface area contributed by atoms with E-state index in [1.807, 2.05) is 0 Å². The molecule has 0 unspecified atom stereocenters. The van der Waals surface area contributed by atoms with Crippen LogP contribution in [0.5, 0.6) is 5.75 Å². The molecule has 0 bridgehead atoms. The van der Waals surface area contributed by atoms with Crippen LogP contribution >= 0.6 is 0 Å². The number of hydrogen-bond donors (Lipinski definition) is 2. The highest BCUT2D eigenvalue weighted by Gasteiger charge is 2.33. The lowest BCUT2D eigenvalue weighted by Gasteiger charge is -2.41. The number of para-hydroxylation sites is 1. The Morgan fingerprint density at radius 2 is 1.77 bits per heavy atom. The third-order valence-electron chi connectivity index (χ3n) is 7.36. The van der Waals surface area contributed by atoms with Gasteiger partial charge >= 0.3 is 12.0 Å². The topological polar surface area (TPSA) is 157 Å². The maximum Gasteiger partial charge on any atom is 0.573 e. The van der Waals surface area contributed by atoms with Gasteiger partial charge in [-0.3, -0.25) is 15.0 Å². The summed E-state index contributed by atoms with van der Waals surface area (Å²) in [6, 6.07) is 5.91. The number of rotatable bonds is 9. The Morgan fingerprint density at radius 3 is 2.38 bits per heavy atom. The van der Waals surface area contributed by atoms with Gasteiger partial charge in [0, 0.05) is 44.3 Å². The Bertz CT molecular complexity index is 1310. The first-order valence-electron chi connectivity index (χ1n) is 12.9. The average Bonchev–Trinajstić information content (AvgIpc) is 2.87. The zero-order valence-electron chi connectivity index (χ0n) is 21.9. The highest BCUT2D eigenvalue weighted by Crippen LogP contribution is 2.34. The van der Waals surface area contributed by atoms with Crippen LogP contribution in [-0.2, 0) is 23.0 Å². The second-order valence-corrected chi connectivity index (χ2v) is 12.1.